The van der Waals surface area contributed by atoms with Gasteiger partial charge in [-0.1, -0.05) is 23.2 Å². The lowest BCUT2D eigenvalue weighted by atomic mass is 10.2. The zero-order chi connectivity index (χ0) is 13.1. The fourth-order valence-electron chi connectivity index (χ4n) is 1.46. The molecule has 0 spiro atoms. The summed E-state index contributed by atoms with van der Waals surface area (Å²) in [6.45, 7) is 0. The molecule has 0 bridgehead atoms. The van der Waals surface area contributed by atoms with Crippen molar-refractivity contribution in [3.8, 4) is 0 Å². The third-order valence-electron chi connectivity index (χ3n) is 2.37. The maximum Gasteiger partial charge on any atom is 0.123 e. The molecule has 5 heteroatoms. The molecule has 0 amide bonds. The number of hydrogen-bond donors (Lipinski definition) is 0. The predicted octanol–water partition coefficient (Wildman–Crippen LogP) is 4.44. The van der Waals surface area contributed by atoms with E-state index < -0.39 is 10.8 Å². The highest BCUT2D eigenvalue weighted by Crippen LogP contribution is 2.23. The highest BCUT2D eigenvalue weighted by atomic mass is 35.5. The molecule has 0 aliphatic heterocycles. The van der Waals surface area contributed by atoms with Crippen LogP contribution in [0.2, 0.25) is 10.0 Å². The summed E-state index contributed by atoms with van der Waals surface area (Å²) in [5.41, 5.74) is 0.715. The molecule has 1 atom stereocenters. The van der Waals surface area contributed by atoms with Gasteiger partial charge in [0.1, 0.15) is 5.82 Å². The normalized spacial score (nSPS) is 12.4. The van der Waals surface area contributed by atoms with Crippen LogP contribution < -0.4 is 0 Å². The van der Waals surface area contributed by atoms with Crippen LogP contribution in [0.3, 0.4) is 0 Å². The van der Waals surface area contributed by atoms with Crippen LogP contribution in [0.1, 0.15) is 5.56 Å². The Labute approximate surface area is 117 Å². The van der Waals surface area contributed by atoms with E-state index in [1.165, 1.54) is 24.3 Å². The monoisotopic (exact) mass is 302 g/mol. The van der Waals surface area contributed by atoms with E-state index in [1.807, 2.05) is 0 Å². The summed E-state index contributed by atoms with van der Waals surface area (Å²) >= 11 is 11.9. The minimum atomic E-state index is -1.27. The van der Waals surface area contributed by atoms with E-state index in [1.54, 1.807) is 18.2 Å². The van der Waals surface area contributed by atoms with E-state index in [0.717, 1.165) is 0 Å². The molecule has 2 aromatic carbocycles. The first-order valence-corrected chi connectivity index (χ1v) is 7.21. The van der Waals surface area contributed by atoms with Gasteiger partial charge in [0, 0.05) is 14.9 Å². The quantitative estimate of drug-likeness (QED) is 0.819. The average molecular weight is 303 g/mol. The van der Waals surface area contributed by atoms with E-state index >= 15 is 0 Å². The first-order chi connectivity index (χ1) is 8.56. The van der Waals surface area contributed by atoms with Gasteiger partial charge in [-0.25, -0.2) is 4.39 Å². The second kappa shape index (κ2) is 5.83. The fraction of sp³-hybridized carbons (Fsp3) is 0.0769. The Bertz CT molecular complexity index is 584. The van der Waals surface area contributed by atoms with Crippen LogP contribution in [0, 0.1) is 5.82 Å². The lowest BCUT2D eigenvalue weighted by Gasteiger charge is -2.05. The van der Waals surface area contributed by atoms with Gasteiger partial charge >= 0.3 is 0 Å². The fourth-order valence-corrected chi connectivity index (χ4v) is 3.05. The molecule has 1 unspecified atom stereocenters. The minimum Gasteiger partial charge on any atom is -0.254 e. The molecule has 0 heterocycles. The lowest BCUT2D eigenvalue weighted by molar-refractivity contribution is 0.626. The molecule has 18 heavy (non-hydrogen) atoms. The standard InChI is InChI=1S/C13H9Cl2FOS/c14-10-1-6-13(15)9(7-10)8-18(17)12-4-2-11(16)3-5-12/h1-7H,8H2. The summed E-state index contributed by atoms with van der Waals surface area (Å²) in [4.78, 5) is 0.562. The van der Waals surface area contributed by atoms with E-state index in [-0.39, 0.29) is 11.6 Å². The van der Waals surface area contributed by atoms with Gasteiger partial charge in [0.05, 0.1) is 16.6 Å². The van der Waals surface area contributed by atoms with Crippen molar-refractivity contribution in [2.75, 3.05) is 0 Å². The minimum absolute atomic E-state index is 0.255. The van der Waals surface area contributed by atoms with Crippen LogP contribution in [0.5, 0.6) is 0 Å². The van der Waals surface area contributed by atoms with Gasteiger partial charge in [-0.3, -0.25) is 4.21 Å². The van der Waals surface area contributed by atoms with Gasteiger partial charge in [0.25, 0.3) is 0 Å². The van der Waals surface area contributed by atoms with Crippen LogP contribution in [0.25, 0.3) is 0 Å². The molecule has 0 radical (unpaired) electrons. The summed E-state index contributed by atoms with van der Waals surface area (Å²) in [6.07, 6.45) is 0. The number of rotatable bonds is 3. The van der Waals surface area contributed by atoms with E-state index in [0.29, 0.717) is 20.5 Å². The summed E-state index contributed by atoms with van der Waals surface area (Å²) in [7, 11) is -1.27. The molecule has 0 aliphatic carbocycles. The highest BCUT2D eigenvalue weighted by Gasteiger charge is 2.09. The summed E-state index contributed by atoms with van der Waals surface area (Å²) in [6, 6.07) is 10.6. The Balaban J connectivity index is 2.21. The Morgan fingerprint density at radius 1 is 1.06 bits per heavy atom. The second-order valence-electron chi connectivity index (χ2n) is 3.68. The number of halogens is 3. The molecule has 2 rings (SSSR count). The van der Waals surface area contributed by atoms with Crippen molar-refractivity contribution in [1.82, 2.24) is 0 Å². The van der Waals surface area contributed by atoms with Crippen LogP contribution in [0.15, 0.2) is 47.4 Å². The molecule has 1 nitrogen and oxygen atoms in total. The first-order valence-electron chi connectivity index (χ1n) is 5.14. The van der Waals surface area contributed by atoms with Gasteiger partial charge in [0.2, 0.25) is 0 Å². The topological polar surface area (TPSA) is 17.1 Å². The molecule has 0 aromatic heterocycles. The van der Waals surface area contributed by atoms with Crippen molar-refractivity contribution < 1.29 is 8.60 Å². The van der Waals surface area contributed by atoms with Crippen LogP contribution in [0.4, 0.5) is 4.39 Å². The van der Waals surface area contributed by atoms with Crippen molar-refractivity contribution in [1.29, 1.82) is 0 Å². The maximum atomic E-state index is 12.8. The molecular weight excluding hydrogens is 294 g/mol. The largest absolute Gasteiger partial charge is 0.254 e. The van der Waals surface area contributed by atoms with Gasteiger partial charge in [-0.2, -0.15) is 0 Å². The zero-order valence-electron chi connectivity index (χ0n) is 9.20. The number of benzene rings is 2. The first kappa shape index (κ1) is 13.5. The molecule has 0 saturated carbocycles. The molecule has 0 aliphatic rings. The third-order valence-corrected chi connectivity index (χ3v) is 4.35. The Kier molecular flexibility index (Phi) is 4.38. The van der Waals surface area contributed by atoms with Gasteiger partial charge < -0.3 is 0 Å². The van der Waals surface area contributed by atoms with Gasteiger partial charge in [0.15, 0.2) is 0 Å². The second-order valence-corrected chi connectivity index (χ2v) is 5.97. The zero-order valence-corrected chi connectivity index (χ0v) is 11.5. The third kappa shape index (κ3) is 3.31. The predicted molar refractivity (Wildman–Crippen MR) is 73.0 cm³/mol. The maximum absolute atomic E-state index is 12.8. The molecular formula is C13H9Cl2FOS. The Morgan fingerprint density at radius 3 is 2.39 bits per heavy atom. The summed E-state index contributed by atoms with van der Waals surface area (Å²) in [5, 5.41) is 1.07. The van der Waals surface area contributed by atoms with Gasteiger partial charge in [-0.15, -0.1) is 0 Å². The molecule has 94 valence electrons. The molecule has 2 aromatic rings. The average Bonchev–Trinajstić information content (AvgIpc) is 2.34. The van der Waals surface area contributed by atoms with E-state index in [2.05, 4.69) is 0 Å². The molecule has 0 fully saturated rings. The smallest absolute Gasteiger partial charge is 0.123 e. The van der Waals surface area contributed by atoms with E-state index in [9.17, 15) is 8.60 Å². The summed E-state index contributed by atoms with van der Waals surface area (Å²) in [5.74, 6) is -0.0954. The van der Waals surface area contributed by atoms with Crippen molar-refractivity contribution in [2.24, 2.45) is 0 Å². The van der Waals surface area contributed by atoms with Crippen molar-refractivity contribution in [2.45, 2.75) is 10.6 Å². The SMILES string of the molecule is O=S(Cc1cc(Cl)ccc1Cl)c1ccc(F)cc1. The highest BCUT2D eigenvalue weighted by molar-refractivity contribution is 7.84. The van der Waals surface area contributed by atoms with Crippen molar-refractivity contribution in [3.63, 3.8) is 0 Å². The van der Waals surface area contributed by atoms with Crippen LogP contribution in [-0.4, -0.2) is 4.21 Å². The van der Waals surface area contributed by atoms with Crippen molar-refractivity contribution >= 4 is 34.0 Å². The Morgan fingerprint density at radius 2 is 1.72 bits per heavy atom. The lowest BCUT2D eigenvalue weighted by Crippen LogP contribution is -1.97. The van der Waals surface area contributed by atoms with Crippen LogP contribution >= 0.6 is 23.2 Å². The van der Waals surface area contributed by atoms with E-state index in [4.69, 9.17) is 23.2 Å². The van der Waals surface area contributed by atoms with Gasteiger partial charge in [-0.05, 0) is 48.0 Å². The molecule has 0 N–H and O–H groups in total. The van der Waals surface area contributed by atoms with Crippen LogP contribution in [-0.2, 0) is 16.6 Å². The Hall–Kier alpha value is -0.900. The van der Waals surface area contributed by atoms with Crippen molar-refractivity contribution in [3.05, 3.63) is 63.9 Å². The summed E-state index contributed by atoms with van der Waals surface area (Å²) < 4.78 is 24.8. The molecule has 0 saturated heterocycles. The number of hydrogen-bond acceptors (Lipinski definition) is 1.